The third kappa shape index (κ3) is 3.58. The second kappa shape index (κ2) is 5.02. The fraction of sp³-hybridized carbons (Fsp3) is 0.444. The van der Waals surface area contributed by atoms with Gasteiger partial charge in [-0.2, -0.15) is 13.2 Å². The maximum Gasteiger partial charge on any atom is 0.405 e. The van der Waals surface area contributed by atoms with Crippen molar-refractivity contribution in [2.45, 2.75) is 6.18 Å². The average Bonchev–Trinajstić information content (AvgIpc) is 2.16. The van der Waals surface area contributed by atoms with Crippen LogP contribution in [0.2, 0.25) is 0 Å². The Hall–Kier alpha value is -1.50. The predicted molar refractivity (Wildman–Crippen MR) is 54.0 cm³/mol. The van der Waals surface area contributed by atoms with Crippen molar-refractivity contribution in [3.05, 3.63) is 18.5 Å². The van der Waals surface area contributed by atoms with E-state index in [0.717, 1.165) is 4.90 Å². The van der Waals surface area contributed by atoms with E-state index < -0.39 is 12.7 Å². The van der Waals surface area contributed by atoms with Gasteiger partial charge in [0.2, 0.25) is 0 Å². The van der Waals surface area contributed by atoms with Crippen LogP contribution in [-0.4, -0.2) is 36.0 Å². The lowest BCUT2D eigenvalue weighted by atomic mass is 10.3. The first-order valence-electron chi connectivity index (χ1n) is 4.56. The summed E-state index contributed by atoms with van der Waals surface area (Å²) in [4.78, 5) is 4.66. The van der Waals surface area contributed by atoms with E-state index in [1.54, 1.807) is 0 Å². The fourth-order valence-corrected chi connectivity index (χ4v) is 1.31. The van der Waals surface area contributed by atoms with E-state index in [1.807, 2.05) is 0 Å². The Morgan fingerprint density at radius 2 is 2.12 bits per heavy atom. The van der Waals surface area contributed by atoms with Gasteiger partial charge in [0.25, 0.3) is 0 Å². The Labute approximate surface area is 90.5 Å². The molecule has 0 aromatic carbocycles. The number of aliphatic hydroxyl groups excluding tert-OH is 1. The number of nitrogens with two attached hydrogens (primary N) is 1. The van der Waals surface area contributed by atoms with Gasteiger partial charge in [0.05, 0.1) is 24.2 Å². The van der Waals surface area contributed by atoms with E-state index in [1.165, 1.54) is 18.5 Å². The summed E-state index contributed by atoms with van der Waals surface area (Å²) < 4.78 is 36.8. The van der Waals surface area contributed by atoms with Crippen molar-refractivity contribution < 1.29 is 18.3 Å². The van der Waals surface area contributed by atoms with Crippen LogP contribution in [0.1, 0.15) is 0 Å². The quantitative estimate of drug-likeness (QED) is 0.818. The number of halogens is 3. The van der Waals surface area contributed by atoms with Crippen LogP contribution >= 0.6 is 0 Å². The summed E-state index contributed by atoms with van der Waals surface area (Å²) in [7, 11) is 0. The smallest absolute Gasteiger partial charge is 0.396 e. The van der Waals surface area contributed by atoms with E-state index in [-0.39, 0.29) is 24.5 Å². The number of hydrogen-bond acceptors (Lipinski definition) is 4. The van der Waals surface area contributed by atoms with Crippen LogP contribution in [0.3, 0.4) is 0 Å². The summed E-state index contributed by atoms with van der Waals surface area (Å²) in [6, 6.07) is 1.39. The summed E-state index contributed by atoms with van der Waals surface area (Å²) in [6.45, 7) is -1.66. The third-order valence-electron chi connectivity index (χ3n) is 1.91. The second-order valence-electron chi connectivity index (χ2n) is 3.19. The summed E-state index contributed by atoms with van der Waals surface area (Å²) in [5.74, 6) is 0. The van der Waals surface area contributed by atoms with Crippen molar-refractivity contribution in [2.24, 2.45) is 0 Å². The summed E-state index contributed by atoms with van der Waals surface area (Å²) in [6.07, 6.45) is -1.71. The molecule has 0 unspecified atom stereocenters. The maximum atomic E-state index is 12.3. The van der Waals surface area contributed by atoms with Gasteiger partial charge in [-0.15, -0.1) is 0 Å². The number of anilines is 2. The van der Waals surface area contributed by atoms with Crippen molar-refractivity contribution in [2.75, 3.05) is 30.3 Å². The fourth-order valence-electron chi connectivity index (χ4n) is 1.31. The van der Waals surface area contributed by atoms with Crippen LogP contribution in [0.15, 0.2) is 18.5 Å². The number of aromatic nitrogens is 1. The highest BCUT2D eigenvalue weighted by Gasteiger charge is 2.31. The molecule has 0 saturated carbocycles. The van der Waals surface area contributed by atoms with E-state index in [9.17, 15) is 13.2 Å². The van der Waals surface area contributed by atoms with Crippen LogP contribution in [0, 0.1) is 0 Å². The number of rotatable bonds is 4. The van der Waals surface area contributed by atoms with Gasteiger partial charge >= 0.3 is 6.18 Å². The molecule has 16 heavy (non-hydrogen) atoms. The van der Waals surface area contributed by atoms with Gasteiger partial charge in [-0.25, -0.2) is 0 Å². The van der Waals surface area contributed by atoms with E-state index in [0.29, 0.717) is 0 Å². The molecule has 7 heteroatoms. The molecule has 0 aliphatic rings. The van der Waals surface area contributed by atoms with Gasteiger partial charge in [-0.1, -0.05) is 0 Å². The SMILES string of the molecule is Nc1cnccc1N(CCO)CC(F)(F)F. The van der Waals surface area contributed by atoms with Crippen molar-refractivity contribution in [3.8, 4) is 0 Å². The van der Waals surface area contributed by atoms with Crippen LogP contribution < -0.4 is 10.6 Å². The van der Waals surface area contributed by atoms with E-state index in [2.05, 4.69) is 4.98 Å². The number of nitrogen functional groups attached to an aromatic ring is 1. The molecule has 0 spiro atoms. The van der Waals surface area contributed by atoms with Gasteiger partial charge in [-0.05, 0) is 6.07 Å². The number of aliphatic hydroxyl groups is 1. The molecule has 0 atom stereocenters. The first-order valence-corrected chi connectivity index (χ1v) is 4.56. The molecule has 3 N–H and O–H groups in total. The number of nitrogens with zero attached hydrogens (tertiary/aromatic N) is 2. The van der Waals surface area contributed by atoms with Gasteiger partial charge in [0.1, 0.15) is 6.54 Å². The first-order chi connectivity index (χ1) is 7.44. The van der Waals surface area contributed by atoms with Crippen LogP contribution in [0.25, 0.3) is 0 Å². The van der Waals surface area contributed by atoms with E-state index in [4.69, 9.17) is 10.8 Å². The Balaban J connectivity index is 2.89. The molecule has 1 rings (SSSR count). The van der Waals surface area contributed by atoms with E-state index >= 15 is 0 Å². The molecular formula is C9H12F3N3O. The van der Waals surface area contributed by atoms with Crippen LogP contribution in [-0.2, 0) is 0 Å². The molecule has 1 aromatic heterocycles. The van der Waals surface area contributed by atoms with Crippen molar-refractivity contribution in [1.82, 2.24) is 4.98 Å². The Morgan fingerprint density at radius 3 is 2.62 bits per heavy atom. The molecule has 0 radical (unpaired) electrons. The van der Waals surface area contributed by atoms with Crippen LogP contribution in [0.5, 0.6) is 0 Å². The minimum Gasteiger partial charge on any atom is -0.396 e. The molecule has 1 heterocycles. The third-order valence-corrected chi connectivity index (χ3v) is 1.91. The molecule has 0 amide bonds. The summed E-state index contributed by atoms with van der Waals surface area (Å²) >= 11 is 0. The zero-order chi connectivity index (χ0) is 12.2. The molecule has 4 nitrogen and oxygen atoms in total. The van der Waals surface area contributed by atoms with Gasteiger partial charge < -0.3 is 15.7 Å². The Kier molecular flexibility index (Phi) is 3.94. The monoisotopic (exact) mass is 235 g/mol. The Morgan fingerprint density at radius 1 is 1.44 bits per heavy atom. The minimum atomic E-state index is -4.34. The van der Waals surface area contributed by atoms with Gasteiger partial charge in [-0.3, -0.25) is 4.98 Å². The zero-order valence-corrected chi connectivity index (χ0v) is 8.41. The van der Waals surface area contributed by atoms with Crippen LogP contribution in [0.4, 0.5) is 24.5 Å². The molecule has 0 aliphatic heterocycles. The van der Waals surface area contributed by atoms with Crippen molar-refractivity contribution >= 4 is 11.4 Å². The highest BCUT2D eigenvalue weighted by Crippen LogP contribution is 2.25. The highest BCUT2D eigenvalue weighted by molar-refractivity contribution is 5.66. The number of hydrogen-bond donors (Lipinski definition) is 2. The normalized spacial score (nSPS) is 11.5. The lowest BCUT2D eigenvalue weighted by Crippen LogP contribution is -2.36. The first kappa shape index (κ1) is 12.6. The molecule has 90 valence electrons. The molecule has 1 aromatic rings. The maximum absolute atomic E-state index is 12.3. The summed E-state index contributed by atoms with van der Waals surface area (Å²) in [5.41, 5.74) is 5.89. The summed E-state index contributed by atoms with van der Waals surface area (Å²) in [5, 5.41) is 8.72. The molecule has 0 saturated heterocycles. The van der Waals surface area contributed by atoms with Crippen molar-refractivity contribution in [3.63, 3.8) is 0 Å². The highest BCUT2D eigenvalue weighted by atomic mass is 19.4. The van der Waals surface area contributed by atoms with Crippen molar-refractivity contribution in [1.29, 1.82) is 0 Å². The minimum absolute atomic E-state index is 0.131. The molecular weight excluding hydrogens is 223 g/mol. The largest absolute Gasteiger partial charge is 0.405 e. The average molecular weight is 235 g/mol. The standard InChI is InChI=1S/C9H12F3N3O/c10-9(11,12)6-15(3-4-16)8-1-2-14-5-7(8)13/h1-2,5,16H,3-4,6,13H2. The Bertz CT molecular complexity index is 343. The zero-order valence-electron chi connectivity index (χ0n) is 8.41. The lowest BCUT2D eigenvalue weighted by molar-refractivity contribution is -0.119. The number of alkyl halides is 3. The second-order valence-corrected chi connectivity index (χ2v) is 3.19. The van der Waals surface area contributed by atoms with Gasteiger partial charge in [0.15, 0.2) is 0 Å². The lowest BCUT2D eigenvalue weighted by Gasteiger charge is -2.25. The molecule has 0 aliphatic carbocycles. The number of pyridine rings is 1. The molecule has 0 fully saturated rings. The van der Waals surface area contributed by atoms with Gasteiger partial charge in [0, 0.05) is 12.7 Å². The topological polar surface area (TPSA) is 62.4 Å². The predicted octanol–water partition coefficient (Wildman–Crippen LogP) is 1.02. The molecule has 0 bridgehead atoms.